The highest BCUT2D eigenvalue weighted by Gasteiger charge is 2.22. The molecule has 2 N–H and O–H groups in total. The molecule has 0 amide bonds. The first-order valence-electron chi connectivity index (χ1n) is 6.01. The van der Waals surface area contributed by atoms with Crippen molar-refractivity contribution in [2.24, 2.45) is 5.73 Å². The highest BCUT2D eigenvalue weighted by Crippen LogP contribution is 2.16. The van der Waals surface area contributed by atoms with Crippen LogP contribution in [0.1, 0.15) is 11.3 Å². The fourth-order valence-corrected chi connectivity index (χ4v) is 3.27. The lowest BCUT2D eigenvalue weighted by Gasteiger charge is -2.15. The first-order valence-corrected chi connectivity index (χ1v) is 8.39. The first kappa shape index (κ1) is 15.6. The van der Waals surface area contributed by atoms with Crippen molar-refractivity contribution in [3.05, 3.63) is 40.6 Å². The third kappa shape index (κ3) is 3.86. The SMILES string of the molecule is CN(Cc1cscn1)S(=O)(=O)c1cncc(C#CCN)c1. The zero-order valence-electron chi connectivity index (χ0n) is 11.4. The van der Waals surface area contributed by atoms with E-state index < -0.39 is 10.0 Å². The van der Waals surface area contributed by atoms with E-state index >= 15 is 0 Å². The van der Waals surface area contributed by atoms with Gasteiger partial charge < -0.3 is 5.73 Å². The van der Waals surface area contributed by atoms with Crippen LogP contribution in [0, 0.1) is 11.8 Å². The third-order valence-corrected chi connectivity index (χ3v) is 5.03. The van der Waals surface area contributed by atoms with Crippen LogP contribution >= 0.6 is 11.3 Å². The maximum atomic E-state index is 12.5. The molecule has 0 spiro atoms. The number of sulfonamides is 1. The zero-order valence-corrected chi connectivity index (χ0v) is 13.0. The minimum atomic E-state index is -3.63. The molecule has 0 aromatic carbocycles. The Morgan fingerprint density at radius 3 is 2.90 bits per heavy atom. The Bertz CT molecular complexity index is 761. The summed E-state index contributed by atoms with van der Waals surface area (Å²) in [5.74, 6) is 5.44. The molecule has 0 atom stereocenters. The van der Waals surface area contributed by atoms with Gasteiger partial charge in [0.2, 0.25) is 10.0 Å². The number of thiazole rings is 1. The topological polar surface area (TPSA) is 89.2 Å². The van der Waals surface area contributed by atoms with E-state index in [0.29, 0.717) is 11.3 Å². The molecular weight excluding hydrogens is 308 g/mol. The molecule has 0 aliphatic rings. The molecule has 6 nitrogen and oxygen atoms in total. The van der Waals surface area contributed by atoms with Crippen LogP contribution in [0.5, 0.6) is 0 Å². The maximum Gasteiger partial charge on any atom is 0.244 e. The van der Waals surface area contributed by atoms with E-state index in [-0.39, 0.29) is 18.0 Å². The van der Waals surface area contributed by atoms with Crippen LogP contribution in [0.2, 0.25) is 0 Å². The van der Waals surface area contributed by atoms with Crippen LogP contribution in [0.4, 0.5) is 0 Å². The molecule has 0 saturated heterocycles. The minimum absolute atomic E-state index is 0.101. The molecule has 0 unspecified atom stereocenters. The Labute approximate surface area is 127 Å². The van der Waals surface area contributed by atoms with Gasteiger partial charge >= 0.3 is 0 Å². The Morgan fingerprint density at radius 1 is 1.43 bits per heavy atom. The largest absolute Gasteiger partial charge is 0.320 e. The predicted octanol–water partition coefficient (Wildman–Crippen LogP) is 0.669. The number of pyridine rings is 1. The number of aromatic nitrogens is 2. The van der Waals surface area contributed by atoms with Crippen molar-refractivity contribution in [2.75, 3.05) is 13.6 Å². The second-order valence-electron chi connectivity index (χ2n) is 4.16. The van der Waals surface area contributed by atoms with Crippen LogP contribution in [-0.2, 0) is 16.6 Å². The van der Waals surface area contributed by atoms with Crippen molar-refractivity contribution < 1.29 is 8.42 Å². The van der Waals surface area contributed by atoms with Gasteiger partial charge in [-0.3, -0.25) is 4.98 Å². The standard InChI is InChI=1S/C13H14N4O2S2/c1-17(8-12-9-20-10-16-12)21(18,19)13-5-11(3-2-4-14)6-15-7-13/h5-7,9-10H,4,8,14H2,1H3. The van der Waals surface area contributed by atoms with E-state index in [1.54, 1.807) is 5.51 Å². The lowest BCUT2D eigenvalue weighted by molar-refractivity contribution is 0.462. The molecule has 2 rings (SSSR count). The molecule has 0 aliphatic carbocycles. The molecular formula is C13H14N4O2S2. The van der Waals surface area contributed by atoms with Gasteiger partial charge in [-0.2, -0.15) is 4.31 Å². The summed E-state index contributed by atoms with van der Waals surface area (Å²) in [6.07, 6.45) is 2.81. The fourth-order valence-electron chi connectivity index (χ4n) is 1.59. The highest BCUT2D eigenvalue weighted by atomic mass is 32.2. The van der Waals surface area contributed by atoms with Gasteiger partial charge in [-0.05, 0) is 6.07 Å². The second kappa shape index (κ2) is 6.78. The summed E-state index contributed by atoms with van der Waals surface area (Å²) in [7, 11) is -2.12. The van der Waals surface area contributed by atoms with Crippen LogP contribution in [0.3, 0.4) is 0 Å². The number of nitrogens with two attached hydrogens (primary N) is 1. The van der Waals surface area contributed by atoms with E-state index in [2.05, 4.69) is 21.8 Å². The van der Waals surface area contributed by atoms with Gasteiger partial charge in [0.1, 0.15) is 4.90 Å². The molecule has 2 heterocycles. The van der Waals surface area contributed by atoms with Gasteiger partial charge in [-0.25, -0.2) is 13.4 Å². The second-order valence-corrected chi connectivity index (χ2v) is 6.92. The first-order chi connectivity index (χ1) is 10.0. The Morgan fingerprint density at radius 2 is 2.24 bits per heavy atom. The normalized spacial score (nSPS) is 11.2. The van der Waals surface area contributed by atoms with Crippen molar-refractivity contribution in [2.45, 2.75) is 11.4 Å². The van der Waals surface area contributed by atoms with Gasteiger partial charge in [0.15, 0.2) is 0 Å². The average Bonchev–Trinajstić information content (AvgIpc) is 2.98. The summed E-state index contributed by atoms with van der Waals surface area (Å²) in [5.41, 5.74) is 8.19. The summed E-state index contributed by atoms with van der Waals surface area (Å²) in [5, 5.41) is 1.81. The van der Waals surface area contributed by atoms with Gasteiger partial charge in [0.25, 0.3) is 0 Å². The molecule has 21 heavy (non-hydrogen) atoms. The van der Waals surface area contributed by atoms with Crippen molar-refractivity contribution in [3.8, 4) is 11.8 Å². The Kier molecular flexibility index (Phi) is 5.03. The number of hydrogen-bond acceptors (Lipinski definition) is 6. The molecule has 2 aromatic heterocycles. The Hall–Kier alpha value is -1.79. The average molecular weight is 322 g/mol. The number of rotatable bonds is 4. The smallest absolute Gasteiger partial charge is 0.244 e. The van der Waals surface area contributed by atoms with Crippen LogP contribution < -0.4 is 5.73 Å². The van der Waals surface area contributed by atoms with E-state index in [1.807, 2.05) is 5.38 Å². The summed E-state index contributed by atoms with van der Waals surface area (Å²) >= 11 is 1.42. The quantitative estimate of drug-likeness (QED) is 0.836. The molecule has 8 heteroatoms. The van der Waals surface area contributed by atoms with E-state index in [9.17, 15) is 8.42 Å². The van der Waals surface area contributed by atoms with Crippen LogP contribution in [-0.4, -0.2) is 36.3 Å². The fraction of sp³-hybridized carbons (Fsp3) is 0.231. The lowest BCUT2D eigenvalue weighted by atomic mass is 10.3. The summed E-state index contributed by atoms with van der Waals surface area (Å²) in [6, 6.07) is 1.49. The van der Waals surface area contributed by atoms with Crippen molar-refractivity contribution in [1.29, 1.82) is 0 Å². The molecule has 2 aromatic rings. The number of hydrogen-bond donors (Lipinski definition) is 1. The summed E-state index contributed by atoms with van der Waals surface area (Å²) in [6.45, 7) is 0.422. The van der Waals surface area contributed by atoms with Crippen LogP contribution in [0.15, 0.2) is 34.2 Å². The van der Waals surface area contributed by atoms with E-state index in [1.165, 1.54) is 41.1 Å². The molecule has 0 fully saturated rings. The number of nitrogens with zero attached hydrogens (tertiary/aromatic N) is 3. The molecule has 0 saturated carbocycles. The summed E-state index contributed by atoms with van der Waals surface area (Å²) < 4.78 is 26.2. The summed E-state index contributed by atoms with van der Waals surface area (Å²) in [4.78, 5) is 8.10. The zero-order chi connectivity index (χ0) is 15.3. The molecule has 0 bridgehead atoms. The van der Waals surface area contributed by atoms with E-state index in [4.69, 9.17) is 5.73 Å². The predicted molar refractivity (Wildman–Crippen MR) is 80.9 cm³/mol. The molecule has 0 aliphatic heterocycles. The van der Waals surface area contributed by atoms with Crippen molar-refractivity contribution in [1.82, 2.24) is 14.3 Å². The minimum Gasteiger partial charge on any atom is -0.320 e. The van der Waals surface area contributed by atoms with Crippen molar-refractivity contribution in [3.63, 3.8) is 0 Å². The molecule has 0 radical (unpaired) electrons. The Balaban J connectivity index is 2.26. The highest BCUT2D eigenvalue weighted by molar-refractivity contribution is 7.89. The third-order valence-electron chi connectivity index (χ3n) is 2.62. The van der Waals surface area contributed by atoms with Crippen molar-refractivity contribution >= 4 is 21.4 Å². The van der Waals surface area contributed by atoms with Gasteiger partial charge in [-0.1, -0.05) is 11.8 Å². The van der Waals surface area contributed by atoms with Gasteiger partial charge in [0, 0.05) is 30.4 Å². The molecule has 110 valence electrons. The van der Waals surface area contributed by atoms with Gasteiger partial charge in [-0.15, -0.1) is 11.3 Å². The lowest BCUT2D eigenvalue weighted by Crippen LogP contribution is -2.26. The van der Waals surface area contributed by atoms with E-state index in [0.717, 1.165) is 0 Å². The van der Waals surface area contributed by atoms with Gasteiger partial charge in [0.05, 0.1) is 24.3 Å². The monoisotopic (exact) mass is 322 g/mol. The maximum absolute atomic E-state index is 12.5. The van der Waals surface area contributed by atoms with Crippen LogP contribution in [0.25, 0.3) is 0 Å².